The molecule has 1 aliphatic rings. The fourth-order valence-corrected chi connectivity index (χ4v) is 5.52. The highest BCUT2D eigenvalue weighted by molar-refractivity contribution is 5.85. The third-order valence-corrected chi connectivity index (χ3v) is 7.49. The van der Waals surface area contributed by atoms with Crippen LogP contribution in [0, 0.1) is 5.82 Å². The van der Waals surface area contributed by atoms with Gasteiger partial charge in [0.25, 0.3) is 0 Å². The highest BCUT2D eigenvalue weighted by Gasteiger charge is 2.34. The van der Waals surface area contributed by atoms with Crippen molar-refractivity contribution < 1.29 is 17.6 Å². The summed E-state index contributed by atoms with van der Waals surface area (Å²) < 4.78 is 56.3. The molecular weight excluding hydrogens is 506 g/mol. The Bertz CT molecular complexity index is 1660. The summed E-state index contributed by atoms with van der Waals surface area (Å²) in [6.45, 7) is 4.91. The Morgan fingerprint density at radius 1 is 1.00 bits per heavy atom. The zero-order valence-corrected chi connectivity index (χ0v) is 21.6. The van der Waals surface area contributed by atoms with E-state index in [9.17, 15) is 17.6 Å². The minimum absolute atomic E-state index is 0.0864. The summed E-state index contributed by atoms with van der Waals surface area (Å²) >= 11 is 0. The molecule has 1 aliphatic heterocycles. The molecule has 0 atom stereocenters. The van der Waals surface area contributed by atoms with Crippen molar-refractivity contribution >= 4 is 16.7 Å². The monoisotopic (exact) mass is 533 g/mol. The van der Waals surface area contributed by atoms with Crippen LogP contribution in [0.15, 0.2) is 60.9 Å². The predicted molar refractivity (Wildman–Crippen MR) is 144 cm³/mol. The zero-order valence-electron chi connectivity index (χ0n) is 21.6. The summed E-state index contributed by atoms with van der Waals surface area (Å²) in [5, 5.41) is 6.15. The van der Waals surface area contributed by atoms with Crippen LogP contribution in [0.4, 0.5) is 23.4 Å². The molecule has 0 spiro atoms. The van der Waals surface area contributed by atoms with Crippen LogP contribution in [-0.2, 0) is 32.0 Å². The third-order valence-electron chi connectivity index (χ3n) is 7.49. The van der Waals surface area contributed by atoms with Crippen LogP contribution in [-0.4, -0.2) is 26.3 Å². The second-order valence-corrected chi connectivity index (χ2v) is 9.80. The number of halogens is 4. The van der Waals surface area contributed by atoms with Gasteiger partial charge in [0.15, 0.2) is 11.6 Å². The predicted octanol–water partition coefficient (Wildman–Crippen LogP) is 7.26. The highest BCUT2D eigenvalue weighted by Crippen LogP contribution is 2.38. The van der Waals surface area contributed by atoms with Crippen LogP contribution in [0.3, 0.4) is 0 Å². The summed E-state index contributed by atoms with van der Waals surface area (Å²) in [6.07, 6.45) is 0.107. The first kappa shape index (κ1) is 25.2. The van der Waals surface area contributed by atoms with Crippen LogP contribution in [0.2, 0.25) is 0 Å². The number of aromatic nitrogens is 4. The van der Waals surface area contributed by atoms with Gasteiger partial charge in [-0.3, -0.25) is 0 Å². The Labute approximate surface area is 223 Å². The maximum absolute atomic E-state index is 14.9. The van der Waals surface area contributed by atoms with Gasteiger partial charge in [-0.15, -0.1) is 0 Å². The number of fused-ring (bicyclic) bond motifs is 2. The van der Waals surface area contributed by atoms with E-state index in [4.69, 9.17) is 5.10 Å². The van der Waals surface area contributed by atoms with E-state index in [1.54, 1.807) is 4.90 Å². The number of aromatic amines is 1. The summed E-state index contributed by atoms with van der Waals surface area (Å²) in [7, 11) is 0. The van der Waals surface area contributed by atoms with Gasteiger partial charge in [0.1, 0.15) is 0 Å². The molecule has 0 unspecified atom stereocenters. The highest BCUT2D eigenvalue weighted by atomic mass is 19.4. The van der Waals surface area contributed by atoms with E-state index in [2.05, 4.69) is 48.1 Å². The molecule has 2 aromatic carbocycles. The van der Waals surface area contributed by atoms with Gasteiger partial charge >= 0.3 is 6.18 Å². The molecule has 0 fully saturated rings. The Balaban J connectivity index is 1.52. The van der Waals surface area contributed by atoms with Crippen molar-refractivity contribution in [3.8, 4) is 16.9 Å². The first-order chi connectivity index (χ1) is 18.8. The minimum Gasteiger partial charge on any atom is -0.361 e. The smallest absolute Gasteiger partial charge is 0.361 e. The van der Waals surface area contributed by atoms with Gasteiger partial charge in [0.2, 0.25) is 0 Å². The lowest BCUT2D eigenvalue weighted by atomic mass is 9.98. The molecule has 0 aliphatic carbocycles. The quantitative estimate of drug-likeness (QED) is 0.242. The first-order valence-corrected chi connectivity index (χ1v) is 13.1. The lowest BCUT2D eigenvalue weighted by Gasteiger charge is -2.28. The summed E-state index contributed by atoms with van der Waals surface area (Å²) in [6, 6.07) is 15.0. The summed E-state index contributed by atoms with van der Waals surface area (Å²) in [4.78, 5) is 8.83. The number of nitrogens with one attached hydrogen (secondary N) is 1. The average Bonchev–Trinajstić information content (AvgIpc) is 3.55. The van der Waals surface area contributed by atoms with E-state index >= 15 is 0 Å². The van der Waals surface area contributed by atoms with Gasteiger partial charge in [-0.2, -0.15) is 18.3 Å². The van der Waals surface area contributed by atoms with Crippen molar-refractivity contribution in [1.82, 2.24) is 19.7 Å². The summed E-state index contributed by atoms with van der Waals surface area (Å²) in [5.41, 5.74) is 6.99. The number of benzene rings is 2. The fourth-order valence-electron chi connectivity index (χ4n) is 5.52. The van der Waals surface area contributed by atoms with Crippen molar-refractivity contribution in [2.45, 2.75) is 45.8 Å². The van der Waals surface area contributed by atoms with E-state index in [0.717, 1.165) is 51.9 Å². The fraction of sp³-hybridized carbons (Fsp3) is 0.267. The molecule has 200 valence electrons. The van der Waals surface area contributed by atoms with Crippen molar-refractivity contribution in [3.05, 3.63) is 94.7 Å². The van der Waals surface area contributed by atoms with Crippen LogP contribution < -0.4 is 4.90 Å². The number of hydrogen-bond donors (Lipinski definition) is 1. The van der Waals surface area contributed by atoms with Crippen molar-refractivity contribution in [2.24, 2.45) is 0 Å². The molecular formula is C30H27F4N5. The molecule has 6 rings (SSSR count). The third kappa shape index (κ3) is 4.35. The molecule has 4 heterocycles. The molecule has 0 amide bonds. The molecule has 5 nitrogen and oxygen atoms in total. The number of hydrogen-bond acceptors (Lipinski definition) is 3. The van der Waals surface area contributed by atoms with Crippen LogP contribution >= 0.6 is 0 Å². The number of pyridine rings is 1. The van der Waals surface area contributed by atoms with Crippen molar-refractivity contribution in [3.63, 3.8) is 0 Å². The van der Waals surface area contributed by atoms with Gasteiger partial charge in [-0.25, -0.2) is 14.1 Å². The summed E-state index contributed by atoms with van der Waals surface area (Å²) in [5.74, 6) is -1.07. The van der Waals surface area contributed by atoms with E-state index in [1.165, 1.54) is 11.1 Å². The molecule has 0 radical (unpaired) electrons. The number of aryl methyl sites for hydroxylation is 2. The van der Waals surface area contributed by atoms with Gasteiger partial charge in [-0.1, -0.05) is 38.1 Å². The van der Waals surface area contributed by atoms with Crippen LogP contribution in [0.1, 0.15) is 41.8 Å². The number of para-hydroxylation sites is 1. The molecule has 39 heavy (non-hydrogen) atoms. The molecule has 0 saturated heterocycles. The van der Waals surface area contributed by atoms with E-state index < -0.39 is 17.6 Å². The number of rotatable bonds is 5. The van der Waals surface area contributed by atoms with Gasteiger partial charge in [0.05, 0.1) is 22.6 Å². The van der Waals surface area contributed by atoms with Gasteiger partial charge in [0, 0.05) is 53.9 Å². The Morgan fingerprint density at radius 2 is 1.77 bits per heavy atom. The second kappa shape index (κ2) is 9.55. The average molecular weight is 534 g/mol. The second-order valence-electron chi connectivity index (χ2n) is 9.80. The van der Waals surface area contributed by atoms with Crippen molar-refractivity contribution in [2.75, 3.05) is 11.4 Å². The molecule has 1 N–H and O–H groups in total. The van der Waals surface area contributed by atoms with Gasteiger partial charge in [-0.05, 0) is 48.2 Å². The van der Waals surface area contributed by atoms with E-state index in [1.807, 2.05) is 29.1 Å². The lowest BCUT2D eigenvalue weighted by Crippen LogP contribution is -2.32. The van der Waals surface area contributed by atoms with Gasteiger partial charge < -0.3 is 9.88 Å². The van der Waals surface area contributed by atoms with Crippen molar-refractivity contribution in [1.29, 1.82) is 0 Å². The first-order valence-electron chi connectivity index (χ1n) is 13.1. The molecule has 0 bridgehead atoms. The number of nitrogens with zero attached hydrogens (tertiary/aromatic N) is 4. The maximum Gasteiger partial charge on any atom is 0.417 e. The molecule has 9 heteroatoms. The Hall–Kier alpha value is -4.14. The van der Waals surface area contributed by atoms with Crippen LogP contribution in [0.5, 0.6) is 0 Å². The number of alkyl halides is 3. The Kier molecular flexibility index (Phi) is 6.16. The topological polar surface area (TPSA) is 49.7 Å². The zero-order chi connectivity index (χ0) is 27.3. The SMILES string of the molecule is CCc1cccc(CC)c1-n1nc2c(c1-c1ccc3[nH]ccc3c1)CN(c1ncc(C(F)(F)F)cc1F)CC2. The minimum atomic E-state index is -4.66. The van der Waals surface area contributed by atoms with Crippen LogP contribution in [0.25, 0.3) is 27.8 Å². The number of H-pyrrole nitrogens is 1. The molecule has 3 aromatic heterocycles. The largest absolute Gasteiger partial charge is 0.417 e. The lowest BCUT2D eigenvalue weighted by molar-refractivity contribution is -0.138. The normalized spacial score (nSPS) is 13.7. The van der Waals surface area contributed by atoms with E-state index in [-0.39, 0.29) is 12.4 Å². The molecule has 5 aromatic rings. The molecule has 0 saturated carbocycles. The standard InChI is InChI=1S/C30H27F4N5/c1-3-18-6-5-7-19(4-2)27(18)39-28(21-8-9-25-20(14-21)10-12-35-25)23-17-38(13-11-26(23)37-39)29-24(31)15-22(16-36-29)30(32,33)34/h5-10,12,14-16,35H,3-4,11,13,17H2,1-2H3. The van der Waals surface area contributed by atoms with E-state index in [0.29, 0.717) is 25.2 Å². The Morgan fingerprint density at radius 3 is 2.46 bits per heavy atom. The number of anilines is 1. The maximum atomic E-state index is 14.9.